The zero-order valence-corrected chi connectivity index (χ0v) is 9.92. The zero-order valence-electron chi connectivity index (χ0n) is 9.10. The van der Waals surface area contributed by atoms with Crippen LogP contribution in [0.15, 0.2) is 17.4 Å². The van der Waals surface area contributed by atoms with E-state index in [1.807, 2.05) is 17.1 Å². The minimum Gasteiger partial charge on any atom is -0.332 e. The van der Waals surface area contributed by atoms with E-state index in [9.17, 15) is 0 Å². The van der Waals surface area contributed by atoms with Gasteiger partial charge in [-0.05, 0) is 20.3 Å². The molecule has 0 fully saturated rings. The Balaban J connectivity index is 2.01. The number of anilines is 1. The maximum atomic E-state index is 4.54. The van der Waals surface area contributed by atoms with Gasteiger partial charge in [-0.15, -0.1) is 0 Å². The van der Waals surface area contributed by atoms with Crippen LogP contribution in [0.25, 0.3) is 0 Å². The zero-order chi connectivity index (χ0) is 10.7. The van der Waals surface area contributed by atoms with Crippen molar-refractivity contribution in [2.45, 2.75) is 32.9 Å². The second-order valence-corrected chi connectivity index (χ2v) is 4.71. The van der Waals surface area contributed by atoms with Crippen molar-refractivity contribution in [3.63, 3.8) is 0 Å². The minimum atomic E-state index is 0.440. The number of aromatic nitrogens is 2. The number of aryl methyl sites for hydroxylation is 1. The number of nitrogens with zero attached hydrogens (tertiary/aromatic N) is 3. The van der Waals surface area contributed by atoms with Crippen LogP contribution in [-0.2, 0) is 6.54 Å². The van der Waals surface area contributed by atoms with Gasteiger partial charge in [-0.3, -0.25) is 9.67 Å². The third-order valence-electron chi connectivity index (χ3n) is 2.32. The summed E-state index contributed by atoms with van der Waals surface area (Å²) in [5, 5.41) is 8.52. The van der Waals surface area contributed by atoms with E-state index in [2.05, 4.69) is 29.3 Å². The Morgan fingerprint density at radius 3 is 3.20 bits per heavy atom. The standard InChI is InChI=1S/C10H16N4S/c1-3-14-7-9(6-11-14)13-10-12-8(2)4-5-15-10/h6-8H,3-5H2,1-2H3,(H,12,13). The van der Waals surface area contributed by atoms with Gasteiger partial charge in [0.15, 0.2) is 5.17 Å². The molecule has 0 aliphatic carbocycles. The lowest BCUT2D eigenvalue weighted by Crippen LogP contribution is -2.17. The molecule has 1 aromatic rings. The molecule has 1 unspecified atom stereocenters. The first-order valence-electron chi connectivity index (χ1n) is 5.28. The lowest BCUT2D eigenvalue weighted by molar-refractivity contribution is 0.660. The molecule has 0 spiro atoms. The molecule has 0 saturated carbocycles. The lowest BCUT2D eigenvalue weighted by atomic mass is 10.3. The third-order valence-corrected chi connectivity index (χ3v) is 3.24. The number of thioether (sulfide) groups is 1. The molecule has 0 amide bonds. The Hall–Kier alpha value is -0.970. The molecule has 0 saturated heterocycles. The van der Waals surface area contributed by atoms with Crippen LogP contribution in [-0.4, -0.2) is 26.7 Å². The molecule has 5 heteroatoms. The molecule has 1 atom stereocenters. The Morgan fingerprint density at radius 2 is 2.53 bits per heavy atom. The molecule has 1 aliphatic heterocycles. The molecule has 15 heavy (non-hydrogen) atoms. The summed E-state index contributed by atoms with van der Waals surface area (Å²) >= 11 is 1.78. The molecule has 2 heterocycles. The van der Waals surface area contributed by atoms with Gasteiger partial charge in [0.25, 0.3) is 0 Å². The third kappa shape index (κ3) is 2.75. The number of amidine groups is 1. The monoisotopic (exact) mass is 224 g/mol. The Bertz CT molecular complexity index is 358. The maximum absolute atomic E-state index is 4.54. The topological polar surface area (TPSA) is 42.2 Å². The van der Waals surface area contributed by atoms with Crippen molar-refractivity contribution in [3.8, 4) is 0 Å². The van der Waals surface area contributed by atoms with E-state index in [1.165, 1.54) is 6.42 Å². The summed E-state index contributed by atoms with van der Waals surface area (Å²) in [5.41, 5.74) is 1.03. The molecular formula is C10H16N4S. The van der Waals surface area contributed by atoms with E-state index in [1.54, 1.807) is 11.8 Å². The van der Waals surface area contributed by atoms with Crippen LogP contribution < -0.4 is 5.32 Å². The van der Waals surface area contributed by atoms with Crippen LogP contribution in [0.5, 0.6) is 0 Å². The fourth-order valence-corrected chi connectivity index (χ4v) is 2.52. The molecule has 0 aromatic carbocycles. The SMILES string of the molecule is CCn1cc(NC2=NC(C)CCS2)cn1. The van der Waals surface area contributed by atoms with Crippen LogP contribution in [0.1, 0.15) is 20.3 Å². The predicted octanol–water partition coefficient (Wildman–Crippen LogP) is 2.20. The first-order valence-corrected chi connectivity index (χ1v) is 6.26. The van der Waals surface area contributed by atoms with Crippen molar-refractivity contribution < 1.29 is 0 Å². The average Bonchev–Trinajstić information content (AvgIpc) is 2.65. The van der Waals surface area contributed by atoms with Gasteiger partial charge in [0, 0.05) is 18.5 Å². The average molecular weight is 224 g/mol. The van der Waals surface area contributed by atoms with Gasteiger partial charge in [0.05, 0.1) is 17.9 Å². The molecule has 2 rings (SSSR count). The molecule has 82 valence electrons. The van der Waals surface area contributed by atoms with E-state index in [4.69, 9.17) is 0 Å². The highest BCUT2D eigenvalue weighted by atomic mass is 32.2. The number of nitrogens with one attached hydrogen (secondary N) is 1. The van der Waals surface area contributed by atoms with Crippen molar-refractivity contribution in [3.05, 3.63) is 12.4 Å². The highest BCUT2D eigenvalue weighted by Crippen LogP contribution is 2.19. The smallest absolute Gasteiger partial charge is 0.161 e. The largest absolute Gasteiger partial charge is 0.332 e. The first-order chi connectivity index (χ1) is 7.28. The summed E-state index contributed by atoms with van der Waals surface area (Å²) in [4.78, 5) is 4.54. The molecule has 0 radical (unpaired) electrons. The fraction of sp³-hybridized carbons (Fsp3) is 0.600. The van der Waals surface area contributed by atoms with Gasteiger partial charge in [-0.25, -0.2) is 0 Å². The van der Waals surface area contributed by atoms with Crippen LogP contribution in [0.2, 0.25) is 0 Å². The number of hydrogen-bond acceptors (Lipinski definition) is 4. The highest BCUT2D eigenvalue weighted by Gasteiger charge is 2.11. The number of rotatable bonds is 2. The quantitative estimate of drug-likeness (QED) is 0.837. The van der Waals surface area contributed by atoms with Crippen molar-refractivity contribution in [2.24, 2.45) is 4.99 Å². The summed E-state index contributed by atoms with van der Waals surface area (Å²) in [5.74, 6) is 1.15. The van der Waals surface area contributed by atoms with E-state index in [0.717, 1.165) is 23.2 Å². The molecular weight excluding hydrogens is 208 g/mol. The van der Waals surface area contributed by atoms with E-state index in [-0.39, 0.29) is 0 Å². The molecule has 1 aromatic heterocycles. The molecule has 0 bridgehead atoms. The molecule has 1 aliphatic rings. The summed E-state index contributed by atoms with van der Waals surface area (Å²) in [6.45, 7) is 5.13. The number of aliphatic imine (C=N–C) groups is 1. The van der Waals surface area contributed by atoms with Gasteiger partial charge in [0.2, 0.25) is 0 Å². The lowest BCUT2D eigenvalue weighted by Gasteiger charge is -2.16. The van der Waals surface area contributed by atoms with Crippen molar-refractivity contribution in [2.75, 3.05) is 11.1 Å². The number of hydrogen-bond donors (Lipinski definition) is 1. The van der Waals surface area contributed by atoms with Crippen molar-refractivity contribution >= 4 is 22.6 Å². The van der Waals surface area contributed by atoms with Crippen LogP contribution in [0, 0.1) is 0 Å². The second kappa shape index (κ2) is 4.70. The van der Waals surface area contributed by atoms with E-state index in [0.29, 0.717) is 6.04 Å². The van der Waals surface area contributed by atoms with Crippen LogP contribution in [0.4, 0.5) is 5.69 Å². The Morgan fingerprint density at radius 1 is 1.67 bits per heavy atom. The minimum absolute atomic E-state index is 0.440. The second-order valence-electron chi connectivity index (χ2n) is 3.63. The normalized spacial score (nSPS) is 21.2. The van der Waals surface area contributed by atoms with E-state index >= 15 is 0 Å². The summed E-state index contributed by atoms with van der Waals surface area (Å²) < 4.78 is 1.90. The molecule has 4 nitrogen and oxygen atoms in total. The Kier molecular flexibility index (Phi) is 3.30. The van der Waals surface area contributed by atoms with Crippen LogP contribution >= 0.6 is 11.8 Å². The first kappa shape index (κ1) is 10.5. The van der Waals surface area contributed by atoms with E-state index < -0.39 is 0 Å². The maximum Gasteiger partial charge on any atom is 0.161 e. The Labute approximate surface area is 94.2 Å². The van der Waals surface area contributed by atoms with Crippen molar-refractivity contribution in [1.82, 2.24) is 9.78 Å². The van der Waals surface area contributed by atoms with Gasteiger partial charge < -0.3 is 5.32 Å². The van der Waals surface area contributed by atoms with Gasteiger partial charge >= 0.3 is 0 Å². The molecule has 1 N–H and O–H groups in total. The fourth-order valence-electron chi connectivity index (χ4n) is 1.42. The highest BCUT2D eigenvalue weighted by molar-refractivity contribution is 8.14. The summed E-state index contributed by atoms with van der Waals surface area (Å²) in [6.07, 6.45) is 5.01. The predicted molar refractivity (Wildman–Crippen MR) is 65.5 cm³/mol. The van der Waals surface area contributed by atoms with Crippen molar-refractivity contribution in [1.29, 1.82) is 0 Å². The summed E-state index contributed by atoms with van der Waals surface area (Å²) in [7, 11) is 0. The van der Waals surface area contributed by atoms with Gasteiger partial charge in [0.1, 0.15) is 0 Å². The van der Waals surface area contributed by atoms with Gasteiger partial charge in [-0.2, -0.15) is 5.10 Å². The summed E-state index contributed by atoms with van der Waals surface area (Å²) in [6, 6.07) is 0.440. The van der Waals surface area contributed by atoms with Gasteiger partial charge in [-0.1, -0.05) is 11.8 Å². The van der Waals surface area contributed by atoms with Crippen LogP contribution in [0.3, 0.4) is 0 Å².